The van der Waals surface area contributed by atoms with Crippen LogP contribution in [0.5, 0.6) is 0 Å². The van der Waals surface area contributed by atoms with Gasteiger partial charge in [-0.15, -0.1) is 5.92 Å². The molecule has 0 spiro atoms. The summed E-state index contributed by atoms with van der Waals surface area (Å²) >= 11 is 0. The molecule has 0 bridgehead atoms. The molecule has 0 saturated carbocycles. The molecule has 1 rings (SSSR count). The summed E-state index contributed by atoms with van der Waals surface area (Å²) in [7, 11) is 0. The fourth-order valence-corrected chi connectivity index (χ4v) is 0.696. The van der Waals surface area contributed by atoms with Gasteiger partial charge in [0.1, 0.15) is 0 Å². The van der Waals surface area contributed by atoms with Gasteiger partial charge in [0.25, 0.3) is 0 Å². The summed E-state index contributed by atoms with van der Waals surface area (Å²) in [5, 5.41) is 0. The van der Waals surface area contributed by atoms with Crippen molar-refractivity contribution in [3.8, 4) is 11.8 Å². The maximum atomic E-state index is 10.1. The number of nitrogens with one attached hydrogen (secondary N) is 1. The summed E-state index contributed by atoms with van der Waals surface area (Å²) in [5.41, 5.74) is 1.42. The molecule has 0 amide bonds. The Morgan fingerprint density at radius 3 is 3.00 bits per heavy atom. The van der Waals surface area contributed by atoms with Crippen LogP contribution >= 0.6 is 0 Å². The maximum Gasteiger partial charge on any atom is 0.166 e. The quantitative estimate of drug-likeness (QED) is 0.453. The summed E-state index contributed by atoms with van der Waals surface area (Å²) in [5.74, 6) is 5.56. The van der Waals surface area contributed by atoms with Crippen LogP contribution < -0.4 is 0 Å². The number of rotatable bonds is 1. The lowest BCUT2D eigenvalue weighted by atomic mass is 10.3. The second-order valence-corrected chi connectivity index (χ2v) is 1.84. The van der Waals surface area contributed by atoms with Crippen LogP contribution in [0.15, 0.2) is 12.3 Å². The number of hydrogen-bond acceptors (Lipinski definition) is 1. The van der Waals surface area contributed by atoms with E-state index in [1.54, 1.807) is 19.2 Å². The molecule has 1 aromatic rings. The van der Waals surface area contributed by atoms with E-state index in [0.29, 0.717) is 5.69 Å². The van der Waals surface area contributed by atoms with E-state index < -0.39 is 0 Å². The van der Waals surface area contributed by atoms with E-state index >= 15 is 0 Å². The molecule has 1 aromatic heterocycles. The van der Waals surface area contributed by atoms with Crippen LogP contribution in [-0.2, 0) is 0 Å². The molecule has 0 aromatic carbocycles. The average Bonchev–Trinajstić information content (AvgIpc) is 2.37. The van der Waals surface area contributed by atoms with Gasteiger partial charge >= 0.3 is 0 Å². The van der Waals surface area contributed by atoms with Gasteiger partial charge in [-0.3, -0.25) is 4.79 Å². The van der Waals surface area contributed by atoms with Gasteiger partial charge in [-0.25, -0.2) is 0 Å². The summed E-state index contributed by atoms with van der Waals surface area (Å²) in [6, 6.07) is 1.71. The van der Waals surface area contributed by atoms with Crippen LogP contribution in [0.3, 0.4) is 0 Å². The number of carbonyl (C=O) groups excluding carboxylic acids is 1. The highest BCUT2D eigenvalue weighted by Crippen LogP contribution is 1.97. The van der Waals surface area contributed by atoms with E-state index in [1.165, 1.54) is 0 Å². The molecule has 0 unspecified atom stereocenters. The largest absolute Gasteiger partial charge is 0.358 e. The molecule has 0 aliphatic heterocycles. The summed E-state index contributed by atoms with van der Waals surface area (Å²) in [4.78, 5) is 12.9. The molecule has 10 heavy (non-hydrogen) atoms. The van der Waals surface area contributed by atoms with Crippen molar-refractivity contribution < 1.29 is 4.79 Å². The first-order valence-corrected chi connectivity index (χ1v) is 2.93. The third-order valence-corrected chi connectivity index (χ3v) is 1.10. The maximum absolute atomic E-state index is 10.1. The Morgan fingerprint density at radius 2 is 2.50 bits per heavy atom. The van der Waals surface area contributed by atoms with Crippen molar-refractivity contribution >= 4 is 6.29 Å². The molecule has 0 atom stereocenters. The SMILES string of the molecule is CC#Cc1c[nH]c(C=O)c1. The fraction of sp³-hybridized carbons (Fsp3) is 0.125. The molecule has 50 valence electrons. The summed E-state index contributed by atoms with van der Waals surface area (Å²) in [6.45, 7) is 1.76. The molecule has 0 radical (unpaired) electrons. The molecular weight excluding hydrogens is 126 g/mol. The van der Waals surface area contributed by atoms with Crippen molar-refractivity contribution in [1.82, 2.24) is 4.98 Å². The highest BCUT2D eigenvalue weighted by Gasteiger charge is 1.91. The average molecular weight is 133 g/mol. The van der Waals surface area contributed by atoms with E-state index in [1.807, 2.05) is 0 Å². The van der Waals surface area contributed by atoms with Crippen molar-refractivity contribution in [3.05, 3.63) is 23.5 Å². The van der Waals surface area contributed by atoms with Crippen molar-refractivity contribution in [2.45, 2.75) is 6.92 Å². The third-order valence-electron chi connectivity index (χ3n) is 1.10. The van der Waals surface area contributed by atoms with Gasteiger partial charge in [0.2, 0.25) is 0 Å². The minimum atomic E-state index is 0.567. The Kier molecular flexibility index (Phi) is 1.91. The molecule has 0 aliphatic rings. The number of aldehydes is 1. The first kappa shape index (κ1) is 6.63. The third kappa shape index (κ3) is 1.26. The first-order chi connectivity index (χ1) is 4.86. The standard InChI is InChI=1S/C8H7NO/c1-2-3-7-4-8(6-10)9-5-7/h4-6,9H,1H3. The zero-order valence-corrected chi connectivity index (χ0v) is 5.64. The van der Waals surface area contributed by atoms with Crippen LogP contribution in [0, 0.1) is 11.8 Å². The highest BCUT2D eigenvalue weighted by molar-refractivity contribution is 5.72. The Bertz CT molecular complexity index is 288. The van der Waals surface area contributed by atoms with Crippen molar-refractivity contribution in [3.63, 3.8) is 0 Å². The summed E-state index contributed by atoms with van der Waals surface area (Å²) in [6.07, 6.45) is 2.47. The lowest BCUT2D eigenvalue weighted by Gasteiger charge is -1.71. The molecule has 1 N–H and O–H groups in total. The lowest BCUT2D eigenvalue weighted by molar-refractivity contribution is 0.111. The second-order valence-electron chi connectivity index (χ2n) is 1.84. The highest BCUT2D eigenvalue weighted by atomic mass is 16.1. The molecule has 0 aliphatic carbocycles. The predicted octanol–water partition coefficient (Wildman–Crippen LogP) is 1.20. The van der Waals surface area contributed by atoms with Gasteiger partial charge < -0.3 is 4.98 Å². The van der Waals surface area contributed by atoms with Crippen molar-refractivity contribution in [1.29, 1.82) is 0 Å². The molecule has 2 nitrogen and oxygen atoms in total. The van der Waals surface area contributed by atoms with Crippen LogP contribution in [0.4, 0.5) is 0 Å². The number of H-pyrrole nitrogens is 1. The topological polar surface area (TPSA) is 32.9 Å². The smallest absolute Gasteiger partial charge is 0.166 e. The lowest BCUT2D eigenvalue weighted by Crippen LogP contribution is -1.72. The van der Waals surface area contributed by atoms with E-state index in [2.05, 4.69) is 16.8 Å². The van der Waals surface area contributed by atoms with E-state index in [-0.39, 0.29) is 0 Å². The molecular formula is C8H7NO. The minimum absolute atomic E-state index is 0.567. The molecule has 0 saturated heterocycles. The Morgan fingerprint density at radius 1 is 1.70 bits per heavy atom. The van der Waals surface area contributed by atoms with Crippen LogP contribution in [0.25, 0.3) is 0 Å². The zero-order chi connectivity index (χ0) is 7.40. The van der Waals surface area contributed by atoms with Crippen LogP contribution in [-0.4, -0.2) is 11.3 Å². The van der Waals surface area contributed by atoms with Gasteiger partial charge in [0.15, 0.2) is 6.29 Å². The monoisotopic (exact) mass is 133 g/mol. The minimum Gasteiger partial charge on any atom is -0.358 e. The van der Waals surface area contributed by atoms with Gasteiger partial charge in [-0.2, -0.15) is 0 Å². The van der Waals surface area contributed by atoms with Crippen molar-refractivity contribution in [2.75, 3.05) is 0 Å². The fourth-order valence-electron chi connectivity index (χ4n) is 0.696. The van der Waals surface area contributed by atoms with E-state index in [4.69, 9.17) is 0 Å². The van der Waals surface area contributed by atoms with Gasteiger partial charge in [-0.05, 0) is 13.0 Å². The van der Waals surface area contributed by atoms with Crippen LogP contribution in [0.2, 0.25) is 0 Å². The molecule has 0 fully saturated rings. The number of hydrogen-bond donors (Lipinski definition) is 1. The summed E-state index contributed by atoms with van der Waals surface area (Å²) < 4.78 is 0. The number of aromatic amines is 1. The normalized spacial score (nSPS) is 8.10. The van der Waals surface area contributed by atoms with Gasteiger partial charge in [0, 0.05) is 11.8 Å². The Balaban J connectivity index is 2.95. The van der Waals surface area contributed by atoms with E-state index in [9.17, 15) is 4.79 Å². The van der Waals surface area contributed by atoms with Crippen molar-refractivity contribution in [2.24, 2.45) is 0 Å². The first-order valence-electron chi connectivity index (χ1n) is 2.93. The zero-order valence-electron chi connectivity index (χ0n) is 5.64. The van der Waals surface area contributed by atoms with Gasteiger partial charge in [0.05, 0.1) is 5.69 Å². The Hall–Kier alpha value is -1.49. The van der Waals surface area contributed by atoms with Crippen LogP contribution in [0.1, 0.15) is 23.0 Å². The number of aromatic nitrogens is 1. The second kappa shape index (κ2) is 2.88. The number of carbonyl (C=O) groups is 1. The molecule has 2 heteroatoms. The molecule has 1 heterocycles. The van der Waals surface area contributed by atoms with E-state index in [0.717, 1.165) is 11.8 Å². The predicted molar refractivity (Wildman–Crippen MR) is 38.7 cm³/mol. The van der Waals surface area contributed by atoms with Gasteiger partial charge in [-0.1, -0.05) is 5.92 Å². The Labute approximate surface area is 59.3 Å².